The lowest BCUT2D eigenvalue weighted by Crippen LogP contribution is -2.34. The zero-order valence-electron chi connectivity index (χ0n) is 19.0. The van der Waals surface area contributed by atoms with Crippen molar-refractivity contribution >= 4 is 35.6 Å². The van der Waals surface area contributed by atoms with Gasteiger partial charge in [0.1, 0.15) is 11.5 Å². The van der Waals surface area contributed by atoms with Crippen molar-refractivity contribution in [1.29, 1.82) is 0 Å². The fourth-order valence-electron chi connectivity index (χ4n) is 2.81. The number of nitrogens with zero attached hydrogens (tertiary/aromatic N) is 1. The van der Waals surface area contributed by atoms with Crippen LogP contribution in [0.25, 0.3) is 0 Å². The Hall–Kier alpha value is -4.17. The van der Waals surface area contributed by atoms with Gasteiger partial charge in [-0.1, -0.05) is 24.6 Å². The van der Waals surface area contributed by atoms with Crippen molar-refractivity contribution in [2.24, 2.45) is 5.10 Å². The highest BCUT2D eigenvalue weighted by Gasteiger charge is 2.09. The van der Waals surface area contributed by atoms with Gasteiger partial charge in [0.25, 0.3) is 11.8 Å². The van der Waals surface area contributed by atoms with E-state index in [0.717, 1.165) is 6.42 Å². The molecule has 2 N–H and O–H groups in total. The molecule has 0 aromatic heterocycles. The maximum atomic E-state index is 12.2. The molecule has 35 heavy (non-hydrogen) atoms. The van der Waals surface area contributed by atoms with Crippen LogP contribution < -0.4 is 20.2 Å². The van der Waals surface area contributed by atoms with Crippen LogP contribution in [0.4, 0.5) is 0 Å². The lowest BCUT2D eigenvalue weighted by molar-refractivity contribution is -0.120. The number of hydrogen-bond donors (Lipinski definition) is 2. The minimum atomic E-state index is -0.524. The SMILES string of the molecule is CCCOc1ccc(C(=O)NCC(=O)N/N=C/c2ccc(OC(=O)c3cccc(Cl)c3)cc2)cc1. The van der Waals surface area contributed by atoms with Crippen LogP contribution in [0.5, 0.6) is 11.5 Å². The first-order valence-corrected chi connectivity index (χ1v) is 11.2. The van der Waals surface area contributed by atoms with E-state index in [1.807, 2.05) is 6.92 Å². The largest absolute Gasteiger partial charge is 0.494 e. The smallest absolute Gasteiger partial charge is 0.343 e. The highest BCUT2D eigenvalue weighted by atomic mass is 35.5. The Morgan fingerprint density at radius 3 is 2.34 bits per heavy atom. The Labute approximate surface area is 207 Å². The maximum Gasteiger partial charge on any atom is 0.343 e. The molecule has 0 unspecified atom stereocenters. The molecule has 0 radical (unpaired) electrons. The van der Waals surface area contributed by atoms with E-state index < -0.39 is 11.9 Å². The molecule has 3 aromatic rings. The molecule has 180 valence electrons. The lowest BCUT2D eigenvalue weighted by atomic mass is 10.2. The van der Waals surface area contributed by atoms with Crippen LogP contribution in [0.3, 0.4) is 0 Å². The van der Waals surface area contributed by atoms with Crippen LogP contribution in [0.2, 0.25) is 5.02 Å². The van der Waals surface area contributed by atoms with E-state index in [0.29, 0.717) is 39.8 Å². The Bertz CT molecular complexity index is 1190. The van der Waals surface area contributed by atoms with Gasteiger partial charge in [0.2, 0.25) is 0 Å². The van der Waals surface area contributed by atoms with Gasteiger partial charge < -0.3 is 14.8 Å². The van der Waals surface area contributed by atoms with E-state index in [1.165, 1.54) is 12.3 Å². The van der Waals surface area contributed by atoms with E-state index in [9.17, 15) is 14.4 Å². The number of hydrazone groups is 1. The molecule has 0 saturated carbocycles. The predicted molar refractivity (Wildman–Crippen MR) is 133 cm³/mol. The second-order valence-electron chi connectivity index (χ2n) is 7.32. The molecule has 3 aromatic carbocycles. The topological polar surface area (TPSA) is 106 Å². The Kier molecular flexibility index (Phi) is 9.39. The molecule has 0 saturated heterocycles. The van der Waals surface area contributed by atoms with Gasteiger partial charge in [0.15, 0.2) is 0 Å². The molecule has 0 aliphatic heterocycles. The van der Waals surface area contributed by atoms with Crippen LogP contribution in [0.15, 0.2) is 77.9 Å². The van der Waals surface area contributed by atoms with E-state index in [2.05, 4.69) is 15.8 Å². The summed E-state index contributed by atoms with van der Waals surface area (Å²) in [6.07, 6.45) is 2.32. The Morgan fingerprint density at radius 1 is 0.943 bits per heavy atom. The molecule has 8 nitrogen and oxygen atoms in total. The fraction of sp³-hybridized carbons (Fsp3) is 0.154. The first kappa shape index (κ1) is 25.5. The van der Waals surface area contributed by atoms with Crippen LogP contribution in [-0.4, -0.2) is 37.1 Å². The number of carbonyl (C=O) groups is 3. The summed E-state index contributed by atoms with van der Waals surface area (Å²) in [6.45, 7) is 2.38. The standard InChI is InChI=1S/C26H24ClN3O5/c1-2-14-34-22-12-8-19(9-13-22)25(32)28-17-24(31)30-29-16-18-6-10-23(11-7-18)35-26(33)20-4-3-5-21(27)15-20/h3-13,15-16H,2,14,17H2,1H3,(H,28,32)(H,30,31)/b29-16+. The number of nitrogens with one attached hydrogen (secondary N) is 2. The summed E-state index contributed by atoms with van der Waals surface area (Å²) in [4.78, 5) is 36.3. The third-order valence-electron chi connectivity index (χ3n) is 4.55. The molecule has 0 fully saturated rings. The third-order valence-corrected chi connectivity index (χ3v) is 4.79. The highest BCUT2D eigenvalue weighted by molar-refractivity contribution is 6.30. The second-order valence-corrected chi connectivity index (χ2v) is 7.75. The number of esters is 1. The van der Waals surface area contributed by atoms with Crippen LogP contribution >= 0.6 is 11.6 Å². The summed E-state index contributed by atoms with van der Waals surface area (Å²) in [7, 11) is 0. The summed E-state index contributed by atoms with van der Waals surface area (Å²) in [5.74, 6) is -0.353. The number of rotatable bonds is 10. The molecular formula is C26H24ClN3O5. The first-order valence-electron chi connectivity index (χ1n) is 10.9. The van der Waals surface area contributed by atoms with Crippen molar-refractivity contribution in [2.45, 2.75) is 13.3 Å². The first-order chi connectivity index (χ1) is 16.9. The Morgan fingerprint density at radius 2 is 1.66 bits per heavy atom. The molecule has 0 spiro atoms. The van der Waals surface area contributed by atoms with Crippen molar-refractivity contribution in [3.05, 3.63) is 94.5 Å². The molecule has 0 bridgehead atoms. The second kappa shape index (κ2) is 12.9. The van der Waals surface area contributed by atoms with Crippen LogP contribution in [-0.2, 0) is 4.79 Å². The normalized spacial score (nSPS) is 10.6. The van der Waals surface area contributed by atoms with E-state index >= 15 is 0 Å². The quantitative estimate of drug-likeness (QED) is 0.190. The number of hydrogen-bond acceptors (Lipinski definition) is 6. The van der Waals surface area contributed by atoms with Crippen molar-refractivity contribution in [1.82, 2.24) is 10.7 Å². The molecule has 0 aliphatic carbocycles. The van der Waals surface area contributed by atoms with Gasteiger partial charge in [-0.3, -0.25) is 9.59 Å². The number of halogens is 1. The number of amides is 2. The molecule has 3 rings (SSSR count). The van der Waals surface area contributed by atoms with Gasteiger partial charge in [-0.25, -0.2) is 10.2 Å². The molecule has 9 heteroatoms. The number of benzene rings is 3. The van der Waals surface area contributed by atoms with Crippen molar-refractivity contribution in [2.75, 3.05) is 13.2 Å². The van der Waals surface area contributed by atoms with Crippen molar-refractivity contribution in [3.63, 3.8) is 0 Å². The summed E-state index contributed by atoms with van der Waals surface area (Å²) in [5.41, 5.74) is 3.77. The van der Waals surface area contributed by atoms with Gasteiger partial charge in [0.05, 0.1) is 24.9 Å². The summed E-state index contributed by atoms with van der Waals surface area (Å²) < 4.78 is 10.8. The Balaban J connectivity index is 1.42. The van der Waals surface area contributed by atoms with Gasteiger partial charge in [-0.05, 0) is 78.7 Å². The van der Waals surface area contributed by atoms with Crippen molar-refractivity contribution in [3.8, 4) is 11.5 Å². The van der Waals surface area contributed by atoms with Gasteiger partial charge in [0, 0.05) is 10.6 Å². The third kappa shape index (κ3) is 8.28. The lowest BCUT2D eigenvalue weighted by Gasteiger charge is -2.07. The average molecular weight is 494 g/mol. The molecule has 0 atom stereocenters. The van der Waals surface area contributed by atoms with Crippen LogP contribution in [0, 0.1) is 0 Å². The van der Waals surface area contributed by atoms with Gasteiger partial charge in [-0.2, -0.15) is 5.10 Å². The monoisotopic (exact) mass is 493 g/mol. The highest BCUT2D eigenvalue weighted by Crippen LogP contribution is 2.16. The summed E-state index contributed by atoms with van der Waals surface area (Å²) >= 11 is 5.89. The number of carbonyl (C=O) groups excluding carboxylic acids is 3. The fourth-order valence-corrected chi connectivity index (χ4v) is 3.00. The molecular weight excluding hydrogens is 470 g/mol. The predicted octanol–water partition coefficient (Wildman–Crippen LogP) is 4.23. The molecule has 2 amide bonds. The van der Waals surface area contributed by atoms with E-state index in [-0.39, 0.29) is 12.5 Å². The zero-order chi connectivity index (χ0) is 25.0. The van der Waals surface area contributed by atoms with Gasteiger partial charge >= 0.3 is 5.97 Å². The van der Waals surface area contributed by atoms with Crippen LogP contribution in [0.1, 0.15) is 39.6 Å². The molecule has 0 aliphatic rings. The van der Waals surface area contributed by atoms with E-state index in [1.54, 1.807) is 66.7 Å². The minimum absolute atomic E-state index is 0.233. The average Bonchev–Trinajstić information content (AvgIpc) is 2.87. The van der Waals surface area contributed by atoms with Gasteiger partial charge in [-0.15, -0.1) is 0 Å². The number of ether oxygens (including phenoxy) is 2. The minimum Gasteiger partial charge on any atom is -0.494 e. The summed E-state index contributed by atoms with van der Waals surface area (Å²) in [5, 5.41) is 6.84. The zero-order valence-corrected chi connectivity index (χ0v) is 19.7. The van der Waals surface area contributed by atoms with Crippen molar-refractivity contribution < 1.29 is 23.9 Å². The molecule has 0 heterocycles. The summed E-state index contributed by atoms with van der Waals surface area (Å²) in [6, 6.07) is 19.7. The van der Waals surface area contributed by atoms with E-state index in [4.69, 9.17) is 21.1 Å². The maximum absolute atomic E-state index is 12.2.